The number of hydrogen-bond acceptors (Lipinski definition) is 4. The van der Waals surface area contributed by atoms with E-state index in [9.17, 15) is 9.18 Å². The Bertz CT molecular complexity index is 331. The predicted molar refractivity (Wildman–Crippen MR) is 51.8 cm³/mol. The Morgan fingerprint density at radius 2 is 2.07 bits per heavy atom. The lowest BCUT2D eigenvalue weighted by atomic mass is 10.3. The van der Waals surface area contributed by atoms with Gasteiger partial charge >= 0.3 is 5.97 Å². The first-order chi connectivity index (χ1) is 7.17. The van der Waals surface area contributed by atoms with Gasteiger partial charge in [-0.15, -0.1) is 0 Å². The van der Waals surface area contributed by atoms with Gasteiger partial charge in [0.1, 0.15) is 23.4 Å². The molecule has 0 heterocycles. The van der Waals surface area contributed by atoms with Crippen molar-refractivity contribution >= 4 is 17.8 Å². The van der Waals surface area contributed by atoms with E-state index in [-0.39, 0.29) is 6.54 Å². The van der Waals surface area contributed by atoms with Crippen molar-refractivity contribution in [3.63, 3.8) is 0 Å². The van der Waals surface area contributed by atoms with Crippen LogP contribution in [-0.2, 0) is 9.08 Å². The van der Waals surface area contributed by atoms with Crippen molar-refractivity contribution in [1.82, 2.24) is 0 Å². The maximum atomic E-state index is 12.5. The fraction of sp³-hybridized carbons (Fsp3) is 0.222. The van der Waals surface area contributed by atoms with Crippen LogP contribution >= 0.6 is 11.9 Å². The molecular weight excluding hydrogens is 225 g/mol. The smallest absolute Gasteiger partial charge is 0.366 e. The van der Waals surface area contributed by atoms with Crippen molar-refractivity contribution in [2.75, 3.05) is 6.54 Å². The van der Waals surface area contributed by atoms with Crippen LogP contribution in [0, 0.1) is 5.82 Å². The van der Waals surface area contributed by atoms with Crippen LogP contribution in [-0.4, -0.2) is 18.6 Å². The number of rotatable bonds is 4. The molecule has 0 amide bonds. The minimum atomic E-state index is -0.993. The van der Waals surface area contributed by atoms with Crippen LogP contribution in [0.3, 0.4) is 0 Å². The molecule has 1 aromatic carbocycles. The summed E-state index contributed by atoms with van der Waals surface area (Å²) < 4.78 is 21.6. The SMILES string of the molecule is NCC(Oc1ccc(F)cc1)C(=O)OCl. The zero-order chi connectivity index (χ0) is 11.3. The van der Waals surface area contributed by atoms with Gasteiger partial charge < -0.3 is 14.8 Å². The molecule has 0 aliphatic carbocycles. The molecule has 0 aliphatic rings. The summed E-state index contributed by atoms with van der Waals surface area (Å²) in [7, 11) is 0. The number of nitrogens with two attached hydrogens (primary N) is 1. The second kappa shape index (κ2) is 5.53. The Labute approximate surface area is 90.9 Å². The molecule has 15 heavy (non-hydrogen) atoms. The monoisotopic (exact) mass is 233 g/mol. The molecule has 1 rings (SSSR count). The van der Waals surface area contributed by atoms with Gasteiger partial charge in [-0.2, -0.15) is 0 Å². The van der Waals surface area contributed by atoms with Crippen molar-refractivity contribution in [3.05, 3.63) is 30.1 Å². The Hall–Kier alpha value is -1.33. The van der Waals surface area contributed by atoms with Gasteiger partial charge in [0.25, 0.3) is 0 Å². The van der Waals surface area contributed by atoms with Crippen LogP contribution in [0.2, 0.25) is 0 Å². The van der Waals surface area contributed by atoms with Crippen molar-refractivity contribution in [1.29, 1.82) is 0 Å². The highest BCUT2D eigenvalue weighted by atomic mass is 35.5. The normalized spacial score (nSPS) is 11.9. The number of benzene rings is 1. The summed E-state index contributed by atoms with van der Waals surface area (Å²) >= 11 is 4.87. The lowest BCUT2D eigenvalue weighted by molar-refractivity contribution is -0.141. The first-order valence-electron chi connectivity index (χ1n) is 4.12. The Balaban J connectivity index is 2.66. The summed E-state index contributed by atoms with van der Waals surface area (Å²) in [6.45, 7) is -0.0804. The van der Waals surface area contributed by atoms with Gasteiger partial charge in [-0.25, -0.2) is 9.18 Å². The van der Waals surface area contributed by atoms with Crippen molar-refractivity contribution in [2.45, 2.75) is 6.10 Å². The zero-order valence-corrected chi connectivity index (χ0v) is 8.41. The van der Waals surface area contributed by atoms with E-state index in [2.05, 4.69) is 4.29 Å². The summed E-state index contributed by atoms with van der Waals surface area (Å²) in [5.41, 5.74) is 5.27. The third-order valence-corrected chi connectivity index (χ3v) is 1.80. The highest BCUT2D eigenvalue weighted by Crippen LogP contribution is 2.13. The van der Waals surface area contributed by atoms with Gasteiger partial charge in [0.15, 0.2) is 0 Å². The standard InChI is InChI=1S/C9H9ClFNO3/c10-15-9(13)8(5-12)14-7-3-1-6(11)2-4-7/h1-4,8H,5,12H2. The van der Waals surface area contributed by atoms with E-state index in [4.69, 9.17) is 22.3 Å². The zero-order valence-electron chi connectivity index (χ0n) is 7.65. The molecule has 1 atom stereocenters. The molecule has 0 fully saturated rings. The van der Waals surface area contributed by atoms with Gasteiger partial charge in [-0.1, -0.05) is 0 Å². The van der Waals surface area contributed by atoms with E-state index in [0.717, 1.165) is 0 Å². The van der Waals surface area contributed by atoms with Crippen molar-refractivity contribution < 1.29 is 18.2 Å². The number of carbonyl (C=O) groups is 1. The molecule has 4 nitrogen and oxygen atoms in total. The summed E-state index contributed by atoms with van der Waals surface area (Å²) in [4.78, 5) is 11.0. The molecule has 0 spiro atoms. The quantitative estimate of drug-likeness (QED) is 0.850. The van der Waals surface area contributed by atoms with Crippen LogP contribution in [0.15, 0.2) is 24.3 Å². The maximum Gasteiger partial charge on any atom is 0.366 e. The van der Waals surface area contributed by atoms with E-state index in [1.807, 2.05) is 0 Å². The van der Waals surface area contributed by atoms with Crippen LogP contribution < -0.4 is 10.5 Å². The van der Waals surface area contributed by atoms with E-state index in [1.54, 1.807) is 0 Å². The van der Waals surface area contributed by atoms with Crippen LogP contribution in [0.1, 0.15) is 0 Å². The molecule has 0 saturated carbocycles. The molecule has 0 bridgehead atoms. The molecule has 0 radical (unpaired) electrons. The highest BCUT2D eigenvalue weighted by molar-refractivity contribution is 6.13. The Morgan fingerprint density at radius 3 is 2.53 bits per heavy atom. The number of carbonyl (C=O) groups excluding carboxylic acids is 1. The molecule has 2 N–H and O–H groups in total. The molecule has 6 heteroatoms. The van der Waals surface area contributed by atoms with E-state index in [0.29, 0.717) is 5.75 Å². The van der Waals surface area contributed by atoms with Gasteiger partial charge in [-0.3, -0.25) is 0 Å². The summed E-state index contributed by atoms with van der Waals surface area (Å²) in [5, 5.41) is 0. The molecule has 0 aromatic heterocycles. The van der Waals surface area contributed by atoms with Gasteiger partial charge in [0, 0.05) is 6.54 Å². The van der Waals surface area contributed by atoms with E-state index < -0.39 is 17.9 Å². The number of halogens is 2. The largest absolute Gasteiger partial charge is 0.477 e. The van der Waals surface area contributed by atoms with E-state index >= 15 is 0 Å². The lowest BCUT2D eigenvalue weighted by Gasteiger charge is -2.13. The Kier molecular flexibility index (Phi) is 4.33. The molecule has 1 aromatic rings. The fourth-order valence-corrected chi connectivity index (χ4v) is 1.02. The maximum absolute atomic E-state index is 12.5. The Morgan fingerprint density at radius 1 is 1.47 bits per heavy atom. The number of ether oxygens (including phenoxy) is 1. The second-order valence-electron chi connectivity index (χ2n) is 2.69. The van der Waals surface area contributed by atoms with E-state index in [1.165, 1.54) is 24.3 Å². The molecular formula is C9H9ClFNO3. The van der Waals surface area contributed by atoms with Crippen LogP contribution in [0.25, 0.3) is 0 Å². The minimum Gasteiger partial charge on any atom is -0.477 e. The van der Waals surface area contributed by atoms with Gasteiger partial charge in [-0.05, 0) is 24.3 Å². The third kappa shape index (κ3) is 3.38. The van der Waals surface area contributed by atoms with Gasteiger partial charge in [0.2, 0.25) is 6.10 Å². The average Bonchev–Trinajstić information content (AvgIpc) is 2.27. The van der Waals surface area contributed by atoms with Crippen LogP contribution in [0.5, 0.6) is 5.75 Å². The van der Waals surface area contributed by atoms with Gasteiger partial charge in [0.05, 0.1) is 0 Å². The summed E-state index contributed by atoms with van der Waals surface area (Å²) in [5.74, 6) is -0.871. The molecule has 0 aliphatic heterocycles. The fourth-order valence-electron chi connectivity index (χ4n) is 0.920. The number of hydrogen-bond donors (Lipinski definition) is 1. The predicted octanol–water partition coefficient (Wildman–Crippen LogP) is 1.23. The topological polar surface area (TPSA) is 61.5 Å². The summed E-state index contributed by atoms with van der Waals surface area (Å²) in [6.07, 6.45) is -0.993. The lowest BCUT2D eigenvalue weighted by Crippen LogP contribution is -2.35. The first kappa shape index (κ1) is 11.7. The van der Waals surface area contributed by atoms with Crippen molar-refractivity contribution in [3.8, 4) is 5.75 Å². The van der Waals surface area contributed by atoms with Crippen LogP contribution in [0.4, 0.5) is 4.39 Å². The minimum absolute atomic E-state index is 0.0804. The molecule has 1 unspecified atom stereocenters. The average molecular weight is 234 g/mol. The molecule has 82 valence electrons. The molecule has 0 saturated heterocycles. The third-order valence-electron chi connectivity index (χ3n) is 1.64. The summed E-state index contributed by atoms with van der Waals surface area (Å²) in [6, 6.07) is 5.16. The highest BCUT2D eigenvalue weighted by Gasteiger charge is 2.20. The van der Waals surface area contributed by atoms with Crippen molar-refractivity contribution in [2.24, 2.45) is 5.73 Å². The first-order valence-corrected chi connectivity index (χ1v) is 4.43. The second-order valence-corrected chi connectivity index (χ2v) is 2.85.